The normalized spacial score (nSPS) is 15.8. The number of nitrogens with two attached hydrogens (primary N) is 1. The fourth-order valence-electron chi connectivity index (χ4n) is 5.93. The van der Waals surface area contributed by atoms with Gasteiger partial charge in [0.25, 0.3) is 0 Å². The molecule has 0 aliphatic carbocycles. The van der Waals surface area contributed by atoms with E-state index < -0.39 is 6.67 Å². The lowest BCUT2D eigenvalue weighted by Crippen LogP contribution is -2.56. The SMILES string of the molecule is Cc1ccc(C(CCC(C)C)NC(=O)Cc2ccc3oc(C(c4c(C)noc4C)N4CC(N)C4)cc3c2)c(CF)c1. The summed E-state index contributed by atoms with van der Waals surface area (Å²) in [5.74, 6) is 1.96. The lowest BCUT2D eigenvalue weighted by Gasteiger charge is -2.41. The number of carbonyl (C=O) groups excluding carboxylic acids is 1. The van der Waals surface area contributed by atoms with E-state index in [1.165, 1.54) is 0 Å². The molecule has 1 aliphatic heterocycles. The number of carbonyl (C=O) groups is 1. The van der Waals surface area contributed by atoms with Crippen LogP contribution in [-0.2, 0) is 17.9 Å². The third kappa shape index (κ3) is 6.39. The summed E-state index contributed by atoms with van der Waals surface area (Å²) in [6, 6.07) is 13.5. The molecule has 5 rings (SSSR count). The highest BCUT2D eigenvalue weighted by molar-refractivity contribution is 5.83. The molecule has 41 heavy (non-hydrogen) atoms. The first-order valence-corrected chi connectivity index (χ1v) is 14.5. The molecule has 0 spiro atoms. The molecule has 3 heterocycles. The first kappa shape index (κ1) is 29.0. The Morgan fingerprint density at radius 2 is 1.90 bits per heavy atom. The molecule has 1 amide bonds. The van der Waals surface area contributed by atoms with Crippen LogP contribution in [0, 0.1) is 26.7 Å². The Bertz CT molecular complexity index is 1500. The Hall–Kier alpha value is -3.49. The molecular formula is C33H41FN4O3. The summed E-state index contributed by atoms with van der Waals surface area (Å²) in [4.78, 5) is 15.6. The monoisotopic (exact) mass is 560 g/mol. The molecule has 1 aliphatic rings. The van der Waals surface area contributed by atoms with Crippen LogP contribution in [0.3, 0.4) is 0 Å². The molecule has 7 nitrogen and oxygen atoms in total. The maximum Gasteiger partial charge on any atom is 0.224 e. The Morgan fingerprint density at radius 3 is 2.56 bits per heavy atom. The number of halogens is 1. The number of aromatic nitrogens is 1. The molecule has 218 valence electrons. The van der Waals surface area contributed by atoms with E-state index in [-0.39, 0.29) is 30.5 Å². The van der Waals surface area contributed by atoms with Crippen LogP contribution in [0.2, 0.25) is 0 Å². The van der Waals surface area contributed by atoms with E-state index in [0.717, 1.165) is 76.4 Å². The minimum absolute atomic E-state index is 0.0876. The largest absolute Gasteiger partial charge is 0.459 e. The molecule has 8 heteroatoms. The van der Waals surface area contributed by atoms with Crippen molar-refractivity contribution in [3.8, 4) is 0 Å². The van der Waals surface area contributed by atoms with Crippen molar-refractivity contribution in [2.24, 2.45) is 11.7 Å². The van der Waals surface area contributed by atoms with Gasteiger partial charge in [0, 0.05) is 30.1 Å². The van der Waals surface area contributed by atoms with Crippen LogP contribution in [-0.4, -0.2) is 35.1 Å². The number of aryl methyl sites for hydroxylation is 3. The van der Waals surface area contributed by atoms with Crippen LogP contribution >= 0.6 is 0 Å². The molecule has 0 radical (unpaired) electrons. The van der Waals surface area contributed by atoms with Gasteiger partial charge in [0.2, 0.25) is 5.91 Å². The highest BCUT2D eigenvalue weighted by Gasteiger charge is 2.37. The summed E-state index contributed by atoms with van der Waals surface area (Å²) in [5, 5.41) is 8.30. The molecule has 3 N–H and O–H groups in total. The maximum absolute atomic E-state index is 13.9. The zero-order chi connectivity index (χ0) is 29.3. The number of furan rings is 1. The lowest BCUT2D eigenvalue weighted by molar-refractivity contribution is -0.121. The summed E-state index contributed by atoms with van der Waals surface area (Å²) >= 11 is 0. The van der Waals surface area contributed by atoms with Gasteiger partial charge in [-0.2, -0.15) is 0 Å². The zero-order valence-electron chi connectivity index (χ0n) is 24.7. The van der Waals surface area contributed by atoms with E-state index >= 15 is 0 Å². The van der Waals surface area contributed by atoms with Gasteiger partial charge in [0.1, 0.15) is 23.8 Å². The van der Waals surface area contributed by atoms with Gasteiger partial charge >= 0.3 is 0 Å². The second-order valence-electron chi connectivity index (χ2n) is 12.0. The minimum atomic E-state index is -0.553. The Morgan fingerprint density at radius 1 is 1.12 bits per heavy atom. The Kier molecular flexibility index (Phi) is 8.61. The van der Waals surface area contributed by atoms with Gasteiger partial charge in [-0.1, -0.05) is 48.8 Å². The van der Waals surface area contributed by atoms with Crippen LogP contribution in [0.1, 0.15) is 83.8 Å². The lowest BCUT2D eigenvalue weighted by atomic mass is 9.93. The minimum Gasteiger partial charge on any atom is -0.459 e. The number of nitrogens with one attached hydrogen (secondary N) is 1. The first-order chi connectivity index (χ1) is 19.6. The van der Waals surface area contributed by atoms with Gasteiger partial charge in [-0.25, -0.2) is 4.39 Å². The number of hydrogen-bond donors (Lipinski definition) is 2. The average molecular weight is 561 g/mol. The van der Waals surface area contributed by atoms with Crippen LogP contribution < -0.4 is 11.1 Å². The third-order valence-electron chi connectivity index (χ3n) is 8.08. The molecule has 1 saturated heterocycles. The number of hydrogen-bond acceptors (Lipinski definition) is 6. The Balaban J connectivity index is 1.36. The van der Waals surface area contributed by atoms with Gasteiger partial charge < -0.3 is 20.0 Å². The van der Waals surface area contributed by atoms with Crippen LogP contribution in [0.4, 0.5) is 4.39 Å². The molecule has 2 aromatic carbocycles. The van der Waals surface area contributed by atoms with Gasteiger partial charge in [0.05, 0.1) is 24.2 Å². The number of likely N-dealkylation sites (tertiary alicyclic amines) is 1. The topological polar surface area (TPSA) is 97.5 Å². The summed E-state index contributed by atoms with van der Waals surface area (Å²) < 4.78 is 25.7. The van der Waals surface area contributed by atoms with E-state index in [9.17, 15) is 9.18 Å². The molecule has 1 fully saturated rings. The van der Waals surface area contributed by atoms with Crippen molar-refractivity contribution in [2.45, 2.75) is 78.7 Å². The number of nitrogens with zero attached hydrogens (tertiary/aromatic N) is 2. The summed E-state index contributed by atoms with van der Waals surface area (Å²) in [5.41, 5.74) is 12.1. The van der Waals surface area contributed by atoms with Gasteiger partial charge in [-0.3, -0.25) is 9.69 Å². The smallest absolute Gasteiger partial charge is 0.224 e. The molecule has 2 unspecified atom stereocenters. The first-order valence-electron chi connectivity index (χ1n) is 14.5. The number of amides is 1. The Labute approximate surface area is 241 Å². The summed E-state index contributed by atoms with van der Waals surface area (Å²) in [7, 11) is 0. The van der Waals surface area contributed by atoms with Gasteiger partial charge in [0.15, 0.2) is 0 Å². The fraction of sp³-hybridized carbons (Fsp3) is 0.455. The predicted molar refractivity (Wildman–Crippen MR) is 158 cm³/mol. The van der Waals surface area contributed by atoms with Crippen molar-refractivity contribution in [2.75, 3.05) is 13.1 Å². The highest BCUT2D eigenvalue weighted by atomic mass is 19.1. The van der Waals surface area contributed by atoms with Crippen molar-refractivity contribution >= 4 is 16.9 Å². The molecule has 4 aromatic rings. The van der Waals surface area contributed by atoms with E-state index in [0.29, 0.717) is 11.5 Å². The van der Waals surface area contributed by atoms with E-state index in [1.807, 2.05) is 63.2 Å². The van der Waals surface area contributed by atoms with Crippen LogP contribution in [0.15, 0.2) is 51.4 Å². The average Bonchev–Trinajstić information content (AvgIpc) is 3.48. The van der Waals surface area contributed by atoms with E-state index in [2.05, 4.69) is 29.2 Å². The summed E-state index contributed by atoms with van der Waals surface area (Å²) in [6.07, 6.45) is 1.91. The second-order valence-corrected chi connectivity index (χ2v) is 12.0. The molecule has 2 aromatic heterocycles. The van der Waals surface area contributed by atoms with Crippen molar-refractivity contribution < 1.29 is 18.1 Å². The third-order valence-corrected chi connectivity index (χ3v) is 8.08. The molecule has 0 bridgehead atoms. The zero-order valence-corrected chi connectivity index (χ0v) is 24.7. The number of alkyl halides is 1. The van der Waals surface area contributed by atoms with Gasteiger partial charge in [-0.05, 0) is 74.4 Å². The van der Waals surface area contributed by atoms with E-state index in [1.54, 1.807) is 0 Å². The molecular weight excluding hydrogens is 519 g/mol. The molecule has 0 saturated carbocycles. The van der Waals surface area contributed by atoms with Crippen molar-refractivity contribution in [1.29, 1.82) is 0 Å². The number of fused-ring (bicyclic) bond motifs is 1. The predicted octanol–water partition coefficient (Wildman–Crippen LogP) is 6.38. The van der Waals surface area contributed by atoms with Crippen molar-refractivity contribution in [3.63, 3.8) is 0 Å². The quantitative estimate of drug-likeness (QED) is 0.221. The van der Waals surface area contributed by atoms with E-state index in [4.69, 9.17) is 14.7 Å². The van der Waals surface area contributed by atoms with Crippen molar-refractivity contribution in [1.82, 2.24) is 15.4 Å². The molecule has 2 atom stereocenters. The maximum atomic E-state index is 13.9. The fourth-order valence-corrected chi connectivity index (χ4v) is 5.93. The standard InChI is InChI=1S/C33H41FN4O3/c1-19(2)6-10-28(27-9-7-20(3)12-25(27)16-34)36-31(39)14-23-8-11-29-24(13-23)15-30(40-29)33(38-17-26(35)18-38)32-21(4)37-41-22(32)5/h7-9,11-13,15,19,26,28,33H,6,10,14,16-18,35H2,1-5H3,(H,36,39). The van der Waals surface area contributed by atoms with Crippen LogP contribution in [0.5, 0.6) is 0 Å². The number of rotatable bonds is 11. The number of benzene rings is 2. The van der Waals surface area contributed by atoms with Crippen molar-refractivity contribution in [3.05, 3.63) is 87.5 Å². The second kappa shape index (κ2) is 12.2. The van der Waals surface area contributed by atoms with Crippen LogP contribution in [0.25, 0.3) is 11.0 Å². The highest BCUT2D eigenvalue weighted by Crippen LogP contribution is 2.38. The van der Waals surface area contributed by atoms with Gasteiger partial charge in [-0.15, -0.1) is 0 Å². The summed E-state index contributed by atoms with van der Waals surface area (Å²) in [6.45, 7) is 11.1.